The van der Waals surface area contributed by atoms with E-state index in [1.807, 2.05) is 36.4 Å². The Bertz CT molecular complexity index is 1290. The second-order valence-corrected chi connectivity index (χ2v) is 7.81. The van der Waals surface area contributed by atoms with Crippen molar-refractivity contribution >= 4 is 55.5 Å². The summed E-state index contributed by atoms with van der Waals surface area (Å²) in [6.07, 6.45) is 0. The molecular weight excluding hydrogens is 472 g/mol. The van der Waals surface area contributed by atoms with Gasteiger partial charge in [0.2, 0.25) is 5.88 Å². The van der Waals surface area contributed by atoms with Crippen LogP contribution in [0.25, 0.3) is 10.9 Å². The van der Waals surface area contributed by atoms with Crippen molar-refractivity contribution < 1.29 is 10.0 Å². The Morgan fingerprint density at radius 1 is 1.07 bits per heavy atom. The highest BCUT2D eigenvalue weighted by Crippen LogP contribution is 2.41. The lowest BCUT2D eigenvalue weighted by molar-refractivity contribution is -0.384. The fraction of sp³-hybridized carbons (Fsp3) is 0.0476. The molecule has 0 saturated carbocycles. The van der Waals surface area contributed by atoms with Gasteiger partial charge in [-0.25, -0.2) is 0 Å². The van der Waals surface area contributed by atoms with Crippen LogP contribution in [0.2, 0.25) is 5.02 Å². The molecule has 4 rings (SSSR count). The van der Waals surface area contributed by atoms with Crippen molar-refractivity contribution in [2.45, 2.75) is 6.54 Å². The summed E-state index contributed by atoms with van der Waals surface area (Å²) in [7, 11) is 0. The molecule has 0 aliphatic rings. The van der Waals surface area contributed by atoms with E-state index in [-0.39, 0.29) is 11.6 Å². The summed E-state index contributed by atoms with van der Waals surface area (Å²) >= 11 is 9.74. The molecule has 0 radical (unpaired) electrons. The van der Waals surface area contributed by atoms with Gasteiger partial charge in [0.25, 0.3) is 5.69 Å². The molecule has 3 aromatic carbocycles. The molecule has 0 aliphatic carbocycles. The second kappa shape index (κ2) is 8.25. The Morgan fingerprint density at radius 2 is 1.80 bits per heavy atom. The first-order chi connectivity index (χ1) is 14.4. The molecule has 7 nitrogen and oxygen atoms in total. The SMILES string of the molecule is O=[N+]([O-])c1ccc(N=Nc2c(O)n(Cc3ccccc3Cl)c3ccc(Br)cc23)cc1. The second-order valence-electron chi connectivity index (χ2n) is 6.48. The van der Waals surface area contributed by atoms with Crippen LogP contribution in [0.3, 0.4) is 0 Å². The van der Waals surface area contributed by atoms with E-state index in [1.54, 1.807) is 10.6 Å². The van der Waals surface area contributed by atoms with Crippen LogP contribution in [0.15, 0.2) is 81.4 Å². The number of azo groups is 1. The number of nitro benzene ring substituents is 1. The van der Waals surface area contributed by atoms with Gasteiger partial charge in [0.05, 0.1) is 22.7 Å². The van der Waals surface area contributed by atoms with Crippen LogP contribution in [0, 0.1) is 10.1 Å². The molecule has 1 aromatic heterocycles. The molecule has 0 fully saturated rings. The highest BCUT2D eigenvalue weighted by Gasteiger charge is 2.18. The molecule has 0 atom stereocenters. The standard InChI is InChI=1S/C21H14BrClN4O3/c22-14-5-10-19-17(11-14)20(25-24-15-6-8-16(9-7-15)27(29)30)21(28)26(19)12-13-3-1-2-4-18(13)23/h1-11,28H,12H2. The van der Waals surface area contributed by atoms with E-state index in [2.05, 4.69) is 26.2 Å². The van der Waals surface area contributed by atoms with Gasteiger partial charge in [0.15, 0.2) is 5.69 Å². The van der Waals surface area contributed by atoms with Crippen molar-refractivity contribution in [2.75, 3.05) is 0 Å². The maximum atomic E-state index is 10.9. The van der Waals surface area contributed by atoms with Crippen molar-refractivity contribution in [2.24, 2.45) is 10.2 Å². The van der Waals surface area contributed by atoms with Gasteiger partial charge in [-0.2, -0.15) is 5.11 Å². The monoisotopic (exact) mass is 484 g/mol. The average molecular weight is 486 g/mol. The first kappa shape index (κ1) is 20.1. The smallest absolute Gasteiger partial charge is 0.269 e. The summed E-state index contributed by atoms with van der Waals surface area (Å²) in [5, 5.41) is 31.4. The van der Waals surface area contributed by atoms with Crippen molar-refractivity contribution in [3.05, 3.63) is 91.9 Å². The van der Waals surface area contributed by atoms with Crippen LogP contribution in [-0.4, -0.2) is 14.6 Å². The van der Waals surface area contributed by atoms with E-state index in [4.69, 9.17) is 11.6 Å². The first-order valence-electron chi connectivity index (χ1n) is 8.84. The molecule has 0 saturated heterocycles. The molecule has 4 aromatic rings. The van der Waals surface area contributed by atoms with Crippen molar-refractivity contribution in [3.8, 4) is 5.88 Å². The Morgan fingerprint density at radius 3 is 2.50 bits per heavy atom. The summed E-state index contributed by atoms with van der Waals surface area (Å²) in [5.74, 6) is -0.0475. The highest BCUT2D eigenvalue weighted by molar-refractivity contribution is 9.10. The fourth-order valence-corrected chi connectivity index (χ4v) is 3.66. The van der Waals surface area contributed by atoms with Gasteiger partial charge in [-0.1, -0.05) is 45.7 Å². The molecule has 1 heterocycles. The number of fused-ring (bicyclic) bond motifs is 1. The lowest BCUT2D eigenvalue weighted by Crippen LogP contribution is -1.99. The Kier molecular flexibility index (Phi) is 5.52. The third-order valence-corrected chi connectivity index (χ3v) is 5.45. The summed E-state index contributed by atoms with van der Waals surface area (Å²) in [6.45, 7) is 0.358. The van der Waals surface area contributed by atoms with Crippen LogP contribution >= 0.6 is 27.5 Å². The topological polar surface area (TPSA) is 93.0 Å². The summed E-state index contributed by atoms with van der Waals surface area (Å²) in [5.41, 5.74) is 2.33. The molecule has 0 bridgehead atoms. The fourth-order valence-electron chi connectivity index (χ4n) is 3.10. The van der Waals surface area contributed by atoms with Crippen molar-refractivity contribution in [3.63, 3.8) is 0 Å². The number of benzene rings is 3. The predicted octanol–water partition coefficient (Wildman–Crippen LogP) is 7.13. The number of nitro groups is 1. The molecule has 30 heavy (non-hydrogen) atoms. The lowest BCUT2D eigenvalue weighted by Gasteiger charge is -2.08. The minimum Gasteiger partial charge on any atom is -0.493 e. The highest BCUT2D eigenvalue weighted by atomic mass is 79.9. The van der Waals surface area contributed by atoms with Gasteiger partial charge in [0.1, 0.15) is 0 Å². The largest absolute Gasteiger partial charge is 0.493 e. The quantitative estimate of drug-likeness (QED) is 0.185. The van der Waals surface area contributed by atoms with Gasteiger partial charge in [-0.05, 0) is 42.0 Å². The Labute approximate surface area is 184 Å². The molecule has 9 heteroatoms. The number of rotatable bonds is 5. The summed E-state index contributed by atoms with van der Waals surface area (Å²) in [6, 6.07) is 18.7. The van der Waals surface area contributed by atoms with Crippen LogP contribution in [0.4, 0.5) is 17.1 Å². The predicted molar refractivity (Wildman–Crippen MR) is 119 cm³/mol. The van der Waals surface area contributed by atoms with E-state index in [0.29, 0.717) is 28.3 Å². The van der Waals surface area contributed by atoms with E-state index in [1.165, 1.54) is 24.3 Å². The molecule has 0 aliphatic heterocycles. The minimum atomic E-state index is -0.480. The van der Waals surface area contributed by atoms with E-state index < -0.39 is 4.92 Å². The van der Waals surface area contributed by atoms with Crippen LogP contribution in [0.5, 0.6) is 5.88 Å². The number of non-ortho nitro benzene ring substituents is 1. The number of hydrogen-bond acceptors (Lipinski definition) is 5. The zero-order valence-corrected chi connectivity index (χ0v) is 17.7. The van der Waals surface area contributed by atoms with Gasteiger partial charge in [-0.15, -0.1) is 5.11 Å². The van der Waals surface area contributed by atoms with Gasteiger partial charge < -0.3 is 9.67 Å². The molecule has 0 spiro atoms. The summed E-state index contributed by atoms with van der Waals surface area (Å²) in [4.78, 5) is 10.3. The van der Waals surface area contributed by atoms with Crippen molar-refractivity contribution in [1.29, 1.82) is 0 Å². The third kappa shape index (κ3) is 3.92. The van der Waals surface area contributed by atoms with Gasteiger partial charge >= 0.3 is 0 Å². The van der Waals surface area contributed by atoms with E-state index in [0.717, 1.165) is 15.6 Å². The van der Waals surface area contributed by atoms with Crippen LogP contribution in [0.1, 0.15) is 5.56 Å². The number of aromatic hydroxyl groups is 1. The molecule has 150 valence electrons. The number of nitrogens with zero attached hydrogens (tertiary/aromatic N) is 4. The maximum Gasteiger partial charge on any atom is 0.269 e. The third-order valence-electron chi connectivity index (χ3n) is 4.58. The lowest BCUT2D eigenvalue weighted by atomic mass is 10.2. The average Bonchev–Trinajstić information content (AvgIpc) is 2.98. The minimum absolute atomic E-state index is 0.0305. The first-order valence-corrected chi connectivity index (χ1v) is 10.0. The van der Waals surface area contributed by atoms with Crippen molar-refractivity contribution in [1.82, 2.24) is 4.57 Å². The van der Waals surface area contributed by atoms with Crippen LogP contribution in [-0.2, 0) is 6.54 Å². The van der Waals surface area contributed by atoms with Gasteiger partial charge in [-0.3, -0.25) is 10.1 Å². The number of aromatic nitrogens is 1. The molecule has 1 N–H and O–H groups in total. The molecule has 0 unspecified atom stereocenters. The molecule has 0 amide bonds. The number of halogens is 2. The normalized spacial score (nSPS) is 11.4. The van der Waals surface area contributed by atoms with Gasteiger partial charge in [0, 0.05) is 27.0 Å². The van der Waals surface area contributed by atoms with Crippen LogP contribution < -0.4 is 0 Å². The molecular formula is C21H14BrClN4O3. The maximum absolute atomic E-state index is 10.9. The Hall–Kier alpha value is -3.23. The van der Waals surface area contributed by atoms with E-state index >= 15 is 0 Å². The Balaban J connectivity index is 1.77. The van der Waals surface area contributed by atoms with E-state index in [9.17, 15) is 15.2 Å². The zero-order chi connectivity index (χ0) is 21.3. The summed E-state index contributed by atoms with van der Waals surface area (Å²) < 4.78 is 2.55. The number of hydrogen-bond donors (Lipinski definition) is 1. The zero-order valence-electron chi connectivity index (χ0n) is 15.4.